The van der Waals surface area contributed by atoms with Crippen LogP contribution in [0.25, 0.3) is 0 Å². The largest absolute Gasteiger partial charge is 0.394 e. The van der Waals surface area contributed by atoms with Crippen molar-refractivity contribution in [1.29, 1.82) is 0 Å². The van der Waals surface area contributed by atoms with Crippen LogP contribution in [0.3, 0.4) is 0 Å². The molecule has 2 aliphatic rings. The van der Waals surface area contributed by atoms with Crippen molar-refractivity contribution in [2.75, 3.05) is 19.8 Å². The number of carbonyl (C=O) groups excluding carboxylic acids is 3. The molecule has 0 radical (unpaired) electrons. The Morgan fingerprint density at radius 2 is 1.48 bits per heavy atom. The van der Waals surface area contributed by atoms with Gasteiger partial charge >= 0.3 is 0 Å². The van der Waals surface area contributed by atoms with Crippen LogP contribution in [0.2, 0.25) is 0 Å². The molecule has 0 aromatic rings. The van der Waals surface area contributed by atoms with E-state index in [2.05, 4.69) is 10.6 Å². The Kier molecular flexibility index (Phi) is 13.2. The van der Waals surface area contributed by atoms with Crippen molar-refractivity contribution in [3.63, 3.8) is 0 Å². The molecule has 40 heavy (non-hydrogen) atoms. The van der Waals surface area contributed by atoms with Gasteiger partial charge in [-0.3, -0.25) is 9.59 Å². The molecule has 2 fully saturated rings. The van der Waals surface area contributed by atoms with Crippen LogP contribution >= 0.6 is 0 Å². The first kappa shape index (κ1) is 34.3. The second-order valence-corrected chi connectivity index (χ2v) is 9.44. The molecule has 0 bridgehead atoms. The molecule has 2 saturated heterocycles. The molecule has 2 heterocycles. The molecule has 0 unspecified atom stereocenters. The predicted molar refractivity (Wildman–Crippen MR) is 126 cm³/mol. The molecular formula is C22H38N2O16. The Morgan fingerprint density at radius 1 is 0.875 bits per heavy atom. The summed E-state index contributed by atoms with van der Waals surface area (Å²) in [5, 5.41) is 95.2. The maximum atomic E-state index is 12.0. The Labute approximate surface area is 228 Å². The van der Waals surface area contributed by atoms with Gasteiger partial charge in [-0.1, -0.05) is 0 Å². The van der Waals surface area contributed by atoms with Gasteiger partial charge in [-0.05, 0) is 0 Å². The molecule has 11 N–H and O–H groups in total. The topological polar surface area (TPSA) is 294 Å². The summed E-state index contributed by atoms with van der Waals surface area (Å²) in [6.07, 6.45) is -20.9. The number of hydrogen-bond donors (Lipinski definition) is 11. The van der Waals surface area contributed by atoms with Gasteiger partial charge in [0.25, 0.3) is 0 Å². The summed E-state index contributed by atoms with van der Waals surface area (Å²) in [5.41, 5.74) is 0. The van der Waals surface area contributed by atoms with E-state index in [-0.39, 0.29) is 6.29 Å². The third-order valence-corrected chi connectivity index (χ3v) is 6.44. The number of carbonyl (C=O) groups is 3. The van der Waals surface area contributed by atoms with Gasteiger partial charge in [0.15, 0.2) is 12.6 Å². The van der Waals surface area contributed by atoms with Crippen LogP contribution in [0.1, 0.15) is 13.8 Å². The highest BCUT2D eigenvalue weighted by molar-refractivity contribution is 5.77. The van der Waals surface area contributed by atoms with Gasteiger partial charge in [0.2, 0.25) is 11.8 Å². The second kappa shape index (κ2) is 15.4. The fourth-order valence-corrected chi connectivity index (χ4v) is 4.36. The van der Waals surface area contributed by atoms with E-state index in [0.717, 1.165) is 13.8 Å². The van der Waals surface area contributed by atoms with Crippen LogP contribution in [0.5, 0.6) is 0 Å². The first-order chi connectivity index (χ1) is 18.8. The molecule has 0 aromatic heterocycles. The summed E-state index contributed by atoms with van der Waals surface area (Å²) in [6.45, 7) is -0.543. The lowest BCUT2D eigenvalue weighted by Crippen LogP contribution is -2.68. The molecule has 2 amide bonds. The number of aldehydes is 1. The lowest BCUT2D eigenvalue weighted by molar-refractivity contribution is -0.353. The second-order valence-electron chi connectivity index (χ2n) is 9.44. The molecule has 18 nitrogen and oxygen atoms in total. The Morgan fingerprint density at radius 3 is 1.98 bits per heavy atom. The van der Waals surface area contributed by atoms with Crippen LogP contribution in [-0.2, 0) is 33.3 Å². The number of aliphatic hydroxyl groups is 9. The average Bonchev–Trinajstić information content (AvgIpc) is 2.92. The van der Waals surface area contributed by atoms with Crippen molar-refractivity contribution in [2.45, 2.75) is 99.6 Å². The highest BCUT2D eigenvalue weighted by atomic mass is 16.7. The predicted octanol–water partition coefficient (Wildman–Crippen LogP) is -7.44. The van der Waals surface area contributed by atoms with Gasteiger partial charge in [0, 0.05) is 13.8 Å². The third-order valence-electron chi connectivity index (χ3n) is 6.44. The number of nitrogens with one attached hydrogen (secondary N) is 2. The molecule has 232 valence electrons. The van der Waals surface area contributed by atoms with E-state index < -0.39 is 117 Å². The molecule has 0 spiro atoms. The van der Waals surface area contributed by atoms with E-state index in [1.165, 1.54) is 0 Å². The molecule has 0 aliphatic carbocycles. The zero-order valence-electron chi connectivity index (χ0n) is 21.7. The number of amides is 2. The average molecular weight is 587 g/mol. The van der Waals surface area contributed by atoms with Crippen molar-refractivity contribution < 1.29 is 79.3 Å². The Hall–Kier alpha value is -1.91. The van der Waals surface area contributed by atoms with E-state index >= 15 is 0 Å². The summed E-state index contributed by atoms with van der Waals surface area (Å²) in [7, 11) is 0. The van der Waals surface area contributed by atoms with Gasteiger partial charge < -0.3 is 80.3 Å². The lowest BCUT2D eigenvalue weighted by atomic mass is 9.95. The minimum atomic E-state index is -2.01. The van der Waals surface area contributed by atoms with Crippen LogP contribution in [-0.4, -0.2) is 170 Å². The van der Waals surface area contributed by atoms with Gasteiger partial charge in [-0.25, -0.2) is 0 Å². The zero-order chi connectivity index (χ0) is 30.3. The van der Waals surface area contributed by atoms with Crippen LogP contribution < -0.4 is 10.6 Å². The normalized spacial score (nSPS) is 37.6. The Balaban J connectivity index is 2.39. The first-order valence-corrected chi connectivity index (χ1v) is 12.3. The van der Waals surface area contributed by atoms with E-state index in [4.69, 9.17) is 18.9 Å². The van der Waals surface area contributed by atoms with Crippen molar-refractivity contribution in [3.05, 3.63) is 0 Å². The zero-order valence-corrected chi connectivity index (χ0v) is 21.7. The minimum Gasteiger partial charge on any atom is -0.394 e. The molecular weight excluding hydrogens is 548 g/mol. The van der Waals surface area contributed by atoms with E-state index in [1.807, 2.05) is 0 Å². The minimum absolute atomic E-state index is 0.167. The number of ether oxygens (including phenoxy) is 4. The fraction of sp³-hybridized carbons (Fsp3) is 0.864. The lowest BCUT2D eigenvalue weighted by Gasteiger charge is -2.48. The van der Waals surface area contributed by atoms with Gasteiger partial charge in [0.1, 0.15) is 79.4 Å². The number of hydrogen-bond acceptors (Lipinski definition) is 16. The monoisotopic (exact) mass is 586 g/mol. The van der Waals surface area contributed by atoms with Crippen LogP contribution in [0, 0.1) is 0 Å². The van der Waals surface area contributed by atoms with Crippen molar-refractivity contribution in [2.24, 2.45) is 0 Å². The maximum Gasteiger partial charge on any atom is 0.217 e. The smallest absolute Gasteiger partial charge is 0.217 e. The van der Waals surface area contributed by atoms with Crippen molar-refractivity contribution in [1.82, 2.24) is 10.6 Å². The summed E-state index contributed by atoms with van der Waals surface area (Å²) < 4.78 is 22.1. The SMILES string of the molecule is CC(=O)N[C@H]1[C@H](O[C@@H]([C@@H](O)[C@H](O)CO)[C@H](C=O)NC(C)=O)O[C@H](CO)[C@@H](O[C@@H]2O[C@H](CO)[C@H](O)[C@H](O)[C@H]2O)[C@@H]1O. The quantitative estimate of drug-likeness (QED) is 0.0893. The Bertz CT molecular complexity index is 835. The van der Waals surface area contributed by atoms with E-state index in [9.17, 15) is 60.3 Å². The van der Waals surface area contributed by atoms with Crippen molar-refractivity contribution in [3.8, 4) is 0 Å². The summed E-state index contributed by atoms with van der Waals surface area (Å²) >= 11 is 0. The van der Waals surface area contributed by atoms with Gasteiger partial charge in [-0.2, -0.15) is 0 Å². The number of rotatable bonds is 13. The van der Waals surface area contributed by atoms with Crippen LogP contribution in [0.4, 0.5) is 0 Å². The van der Waals surface area contributed by atoms with Gasteiger partial charge in [-0.15, -0.1) is 0 Å². The molecule has 14 atom stereocenters. The highest BCUT2D eigenvalue weighted by Crippen LogP contribution is 2.30. The molecule has 0 aromatic carbocycles. The standard InChI is InChI=1S/C22H38N2O16/c1-7(29)23-9(3-25)19(14(32)10(31)4-26)39-21-13(24-8(2)30)16(34)20(12(6-28)38-21)40-22-18(36)17(35)15(33)11(5-27)37-22/h3,9-22,26-28,31-36H,4-6H2,1-2H3,(H,23,29)(H,24,30)/t9-,10+,11+,12+,13+,14-,15-,16+,17-,18+,19+,20+,21-,22-/m0/s1. The summed E-state index contributed by atoms with van der Waals surface area (Å²) in [6, 6.07) is -3.20. The molecule has 0 saturated carbocycles. The van der Waals surface area contributed by atoms with Crippen molar-refractivity contribution >= 4 is 18.1 Å². The maximum absolute atomic E-state index is 12.0. The molecule has 2 aliphatic heterocycles. The first-order valence-electron chi connectivity index (χ1n) is 12.3. The summed E-state index contributed by atoms with van der Waals surface area (Å²) in [5.74, 6) is -1.47. The third kappa shape index (κ3) is 8.10. The van der Waals surface area contributed by atoms with E-state index in [1.54, 1.807) is 0 Å². The molecule has 2 rings (SSSR count). The highest BCUT2D eigenvalue weighted by Gasteiger charge is 2.52. The van der Waals surface area contributed by atoms with Gasteiger partial charge in [0.05, 0.1) is 19.8 Å². The van der Waals surface area contributed by atoms with Crippen LogP contribution in [0.15, 0.2) is 0 Å². The summed E-state index contributed by atoms with van der Waals surface area (Å²) in [4.78, 5) is 35.3. The number of aliphatic hydroxyl groups excluding tert-OH is 9. The fourth-order valence-electron chi connectivity index (χ4n) is 4.36. The molecule has 18 heteroatoms. The van der Waals surface area contributed by atoms with E-state index in [0.29, 0.717) is 0 Å².